The van der Waals surface area contributed by atoms with Crippen LogP contribution in [0.3, 0.4) is 0 Å². The molecule has 1 aromatic rings. The number of rotatable bonds is 2. The minimum Gasteiger partial charge on any atom is -0.475 e. The highest BCUT2D eigenvalue weighted by atomic mass is 32.2. The van der Waals surface area contributed by atoms with Crippen molar-refractivity contribution in [1.82, 2.24) is 0 Å². The van der Waals surface area contributed by atoms with Gasteiger partial charge < -0.3 is 14.4 Å². The van der Waals surface area contributed by atoms with Crippen molar-refractivity contribution >= 4 is 23.6 Å². The zero-order chi connectivity index (χ0) is 10.8. The van der Waals surface area contributed by atoms with Crippen LogP contribution in [0.1, 0.15) is 17.5 Å². The molecule has 0 aromatic carbocycles. The van der Waals surface area contributed by atoms with Crippen LogP contribution in [-0.4, -0.2) is 35.2 Å². The molecule has 1 N–H and O–H groups in total. The summed E-state index contributed by atoms with van der Waals surface area (Å²) in [5.41, 5.74) is 0. The number of thioether (sulfide) groups is 1. The van der Waals surface area contributed by atoms with E-state index in [0.29, 0.717) is 11.9 Å². The lowest BCUT2D eigenvalue weighted by atomic mass is 10.3. The fourth-order valence-corrected chi connectivity index (χ4v) is 2.67. The first-order valence-corrected chi connectivity index (χ1v) is 6.01. The minimum absolute atomic E-state index is 0.00965. The Labute approximate surface area is 92.2 Å². The van der Waals surface area contributed by atoms with E-state index < -0.39 is 5.97 Å². The van der Waals surface area contributed by atoms with E-state index in [1.807, 2.05) is 11.8 Å². The number of furan rings is 1. The van der Waals surface area contributed by atoms with Gasteiger partial charge in [0.05, 0.1) is 0 Å². The Balaban J connectivity index is 2.17. The molecule has 0 spiro atoms. The van der Waals surface area contributed by atoms with E-state index >= 15 is 0 Å². The van der Waals surface area contributed by atoms with Gasteiger partial charge in [-0.1, -0.05) is 0 Å². The van der Waals surface area contributed by atoms with E-state index in [9.17, 15) is 4.79 Å². The summed E-state index contributed by atoms with van der Waals surface area (Å²) < 4.78 is 5.27. The standard InChI is InChI=1S/C10H13NO3S/c1-7-6-15-5-4-11(7)9-3-2-8(14-9)10(12)13/h2-3,7H,4-6H2,1H3,(H,12,13). The van der Waals surface area contributed by atoms with Crippen LogP contribution in [0.15, 0.2) is 16.5 Å². The summed E-state index contributed by atoms with van der Waals surface area (Å²) in [6, 6.07) is 3.64. The second-order valence-corrected chi connectivity index (χ2v) is 4.71. The molecular formula is C10H13NO3S. The molecule has 82 valence electrons. The van der Waals surface area contributed by atoms with Crippen molar-refractivity contribution in [3.63, 3.8) is 0 Å². The summed E-state index contributed by atoms with van der Waals surface area (Å²) in [5.74, 6) is 1.78. The maximum absolute atomic E-state index is 10.7. The molecule has 15 heavy (non-hydrogen) atoms. The first kappa shape index (κ1) is 10.4. The number of anilines is 1. The average molecular weight is 227 g/mol. The molecule has 0 saturated carbocycles. The number of nitrogens with zero attached hydrogens (tertiary/aromatic N) is 1. The molecule has 4 nitrogen and oxygen atoms in total. The van der Waals surface area contributed by atoms with E-state index in [-0.39, 0.29) is 5.76 Å². The summed E-state index contributed by atoms with van der Waals surface area (Å²) in [5, 5.41) is 8.75. The van der Waals surface area contributed by atoms with E-state index in [4.69, 9.17) is 9.52 Å². The maximum atomic E-state index is 10.7. The highest BCUT2D eigenvalue weighted by molar-refractivity contribution is 7.99. The molecule has 2 heterocycles. The molecule has 1 aliphatic heterocycles. The summed E-state index contributed by atoms with van der Waals surface area (Å²) in [4.78, 5) is 12.8. The molecule has 1 aliphatic rings. The lowest BCUT2D eigenvalue weighted by Gasteiger charge is -2.32. The van der Waals surface area contributed by atoms with Crippen LogP contribution < -0.4 is 4.90 Å². The second-order valence-electron chi connectivity index (χ2n) is 3.56. The van der Waals surface area contributed by atoms with Crippen LogP contribution >= 0.6 is 11.8 Å². The first-order chi connectivity index (χ1) is 7.18. The van der Waals surface area contributed by atoms with Gasteiger partial charge in [0.25, 0.3) is 0 Å². The van der Waals surface area contributed by atoms with E-state index in [2.05, 4.69) is 11.8 Å². The Morgan fingerprint density at radius 3 is 3.07 bits per heavy atom. The van der Waals surface area contributed by atoms with Gasteiger partial charge in [-0.05, 0) is 13.0 Å². The van der Waals surface area contributed by atoms with Crippen molar-refractivity contribution < 1.29 is 14.3 Å². The molecule has 1 aromatic heterocycles. The molecule has 1 saturated heterocycles. The molecule has 2 rings (SSSR count). The summed E-state index contributed by atoms with van der Waals surface area (Å²) >= 11 is 1.91. The molecule has 0 radical (unpaired) electrons. The largest absolute Gasteiger partial charge is 0.475 e. The third-order valence-electron chi connectivity index (χ3n) is 2.45. The van der Waals surface area contributed by atoms with Gasteiger partial charge in [-0.3, -0.25) is 0 Å². The Bertz CT molecular complexity index is 363. The molecule has 0 aliphatic carbocycles. The first-order valence-electron chi connectivity index (χ1n) is 4.86. The van der Waals surface area contributed by atoms with Crippen molar-refractivity contribution in [2.45, 2.75) is 13.0 Å². The quantitative estimate of drug-likeness (QED) is 0.836. The van der Waals surface area contributed by atoms with Crippen LogP contribution in [0, 0.1) is 0 Å². The SMILES string of the molecule is CC1CSCCN1c1ccc(C(=O)O)o1. The lowest BCUT2D eigenvalue weighted by molar-refractivity contribution is 0.0663. The van der Waals surface area contributed by atoms with Crippen molar-refractivity contribution in [1.29, 1.82) is 0 Å². The van der Waals surface area contributed by atoms with Gasteiger partial charge in [-0.25, -0.2) is 4.79 Å². The topological polar surface area (TPSA) is 53.7 Å². The van der Waals surface area contributed by atoms with E-state index in [1.54, 1.807) is 6.07 Å². The molecular weight excluding hydrogens is 214 g/mol. The van der Waals surface area contributed by atoms with Crippen molar-refractivity contribution in [3.05, 3.63) is 17.9 Å². The fraction of sp³-hybridized carbons (Fsp3) is 0.500. The van der Waals surface area contributed by atoms with E-state index in [0.717, 1.165) is 18.1 Å². The number of carboxylic acids is 1. The van der Waals surface area contributed by atoms with Crippen molar-refractivity contribution in [2.24, 2.45) is 0 Å². The molecule has 1 fully saturated rings. The second kappa shape index (κ2) is 4.18. The Hall–Kier alpha value is -1.10. The molecule has 1 atom stereocenters. The Morgan fingerprint density at radius 1 is 1.67 bits per heavy atom. The van der Waals surface area contributed by atoms with Crippen LogP contribution in [0.2, 0.25) is 0 Å². The predicted molar refractivity (Wildman–Crippen MR) is 59.8 cm³/mol. The van der Waals surface area contributed by atoms with Crippen LogP contribution in [-0.2, 0) is 0 Å². The molecule has 1 unspecified atom stereocenters. The highest BCUT2D eigenvalue weighted by Crippen LogP contribution is 2.25. The normalized spacial score (nSPS) is 21.7. The van der Waals surface area contributed by atoms with Gasteiger partial charge in [0.15, 0.2) is 5.88 Å². The lowest BCUT2D eigenvalue weighted by Crippen LogP contribution is -2.40. The van der Waals surface area contributed by atoms with Crippen molar-refractivity contribution in [3.8, 4) is 0 Å². The van der Waals surface area contributed by atoms with Gasteiger partial charge in [-0.2, -0.15) is 11.8 Å². The smallest absolute Gasteiger partial charge is 0.371 e. The van der Waals surface area contributed by atoms with Gasteiger partial charge in [0.1, 0.15) is 0 Å². The van der Waals surface area contributed by atoms with Gasteiger partial charge in [0.2, 0.25) is 5.76 Å². The third-order valence-corrected chi connectivity index (χ3v) is 3.64. The van der Waals surface area contributed by atoms with Crippen LogP contribution in [0.25, 0.3) is 0 Å². The highest BCUT2D eigenvalue weighted by Gasteiger charge is 2.22. The monoisotopic (exact) mass is 227 g/mol. The minimum atomic E-state index is -1.01. The predicted octanol–water partition coefficient (Wildman–Crippen LogP) is 1.92. The summed E-state index contributed by atoms with van der Waals surface area (Å²) in [6.45, 7) is 3.04. The maximum Gasteiger partial charge on any atom is 0.371 e. The van der Waals surface area contributed by atoms with Crippen molar-refractivity contribution in [2.75, 3.05) is 23.0 Å². The fourth-order valence-electron chi connectivity index (χ4n) is 1.65. The third kappa shape index (κ3) is 2.12. The van der Waals surface area contributed by atoms with Gasteiger partial charge in [-0.15, -0.1) is 0 Å². The average Bonchev–Trinajstić information content (AvgIpc) is 2.67. The summed E-state index contributed by atoms with van der Waals surface area (Å²) in [6.07, 6.45) is 0. The number of carboxylic acid groups (broad SMARTS) is 1. The number of carbonyl (C=O) groups is 1. The zero-order valence-corrected chi connectivity index (χ0v) is 9.29. The molecule has 5 heteroatoms. The molecule has 0 bridgehead atoms. The Kier molecular flexibility index (Phi) is 2.90. The van der Waals surface area contributed by atoms with Crippen LogP contribution in [0.4, 0.5) is 5.88 Å². The molecule has 0 amide bonds. The number of aromatic carboxylic acids is 1. The van der Waals surface area contributed by atoms with Gasteiger partial charge in [0, 0.05) is 30.2 Å². The van der Waals surface area contributed by atoms with Gasteiger partial charge >= 0.3 is 5.97 Å². The zero-order valence-electron chi connectivity index (χ0n) is 8.47. The Morgan fingerprint density at radius 2 is 2.47 bits per heavy atom. The number of hydrogen-bond donors (Lipinski definition) is 1. The van der Waals surface area contributed by atoms with Crippen LogP contribution in [0.5, 0.6) is 0 Å². The van der Waals surface area contributed by atoms with E-state index in [1.165, 1.54) is 6.07 Å². The summed E-state index contributed by atoms with van der Waals surface area (Å²) in [7, 11) is 0. The number of hydrogen-bond acceptors (Lipinski definition) is 4.